The van der Waals surface area contributed by atoms with E-state index in [1.807, 2.05) is 0 Å². The van der Waals surface area contributed by atoms with Crippen molar-refractivity contribution in [2.45, 2.75) is 24.3 Å². The molecule has 3 heterocycles. The Kier molecular flexibility index (Phi) is 4.72. The molecule has 0 spiro atoms. The SMILES string of the molecule is Cn1c(Cn2cc(S(=O)(=O)N3CCCC3)ccc2=O)cc(=O)n(C)c1=O. The Morgan fingerprint density at radius 1 is 0.962 bits per heavy atom. The lowest BCUT2D eigenvalue weighted by molar-refractivity contribution is 0.476. The quantitative estimate of drug-likeness (QED) is 0.682. The van der Waals surface area contributed by atoms with Gasteiger partial charge < -0.3 is 4.57 Å². The number of hydrogen-bond acceptors (Lipinski definition) is 5. The molecule has 0 aromatic carbocycles. The van der Waals surface area contributed by atoms with E-state index in [2.05, 4.69) is 0 Å². The summed E-state index contributed by atoms with van der Waals surface area (Å²) in [6, 6.07) is 3.73. The number of sulfonamides is 1. The molecule has 0 bridgehead atoms. The number of nitrogens with zero attached hydrogens (tertiary/aromatic N) is 4. The zero-order valence-corrected chi connectivity index (χ0v) is 15.4. The van der Waals surface area contributed by atoms with Crippen LogP contribution in [0.25, 0.3) is 0 Å². The summed E-state index contributed by atoms with van der Waals surface area (Å²) in [7, 11) is -0.806. The first-order chi connectivity index (χ1) is 12.2. The molecule has 0 amide bonds. The molecule has 2 aromatic rings. The van der Waals surface area contributed by atoms with E-state index in [-0.39, 0.29) is 11.4 Å². The van der Waals surface area contributed by atoms with Crippen molar-refractivity contribution in [3.8, 4) is 0 Å². The summed E-state index contributed by atoms with van der Waals surface area (Å²) in [5, 5.41) is 0. The van der Waals surface area contributed by atoms with E-state index >= 15 is 0 Å². The minimum atomic E-state index is -3.66. The maximum atomic E-state index is 12.7. The van der Waals surface area contributed by atoms with Gasteiger partial charge in [-0.25, -0.2) is 13.2 Å². The third kappa shape index (κ3) is 3.17. The van der Waals surface area contributed by atoms with Crippen molar-refractivity contribution < 1.29 is 8.42 Å². The van der Waals surface area contributed by atoms with Gasteiger partial charge in [0.15, 0.2) is 0 Å². The number of pyridine rings is 1. The minimum absolute atomic E-state index is 0.0211. The molecule has 140 valence electrons. The molecule has 0 radical (unpaired) electrons. The summed E-state index contributed by atoms with van der Waals surface area (Å²) in [5.41, 5.74) is -1.10. The number of aromatic nitrogens is 3. The van der Waals surface area contributed by atoms with Crippen molar-refractivity contribution in [3.05, 3.63) is 61.3 Å². The number of rotatable bonds is 4. The molecular weight excluding hydrogens is 360 g/mol. The van der Waals surface area contributed by atoms with Crippen LogP contribution in [0.2, 0.25) is 0 Å². The molecule has 0 aliphatic carbocycles. The van der Waals surface area contributed by atoms with Crippen LogP contribution in [-0.4, -0.2) is 39.5 Å². The molecule has 1 saturated heterocycles. The molecule has 1 aliphatic rings. The van der Waals surface area contributed by atoms with Crippen LogP contribution >= 0.6 is 0 Å². The van der Waals surface area contributed by atoms with Gasteiger partial charge in [-0.15, -0.1) is 0 Å². The first-order valence-electron chi connectivity index (χ1n) is 8.18. The predicted octanol–water partition coefficient (Wildman–Crippen LogP) is -0.921. The summed E-state index contributed by atoms with van der Waals surface area (Å²) in [4.78, 5) is 36.0. The van der Waals surface area contributed by atoms with E-state index in [0.29, 0.717) is 18.8 Å². The molecule has 0 unspecified atom stereocenters. The van der Waals surface area contributed by atoms with E-state index in [0.717, 1.165) is 17.4 Å². The Hall–Kier alpha value is -2.46. The first kappa shape index (κ1) is 18.3. The fourth-order valence-corrected chi connectivity index (χ4v) is 4.51. The van der Waals surface area contributed by atoms with Gasteiger partial charge in [-0.05, 0) is 18.9 Å². The van der Waals surface area contributed by atoms with Crippen LogP contribution in [0.1, 0.15) is 18.5 Å². The van der Waals surface area contributed by atoms with Crippen molar-refractivity contribution in [1.82, 2.24) is 18.0 Å². The Morgan fingerprint density at radius 2 is 1.62 bits per heavy atom. The van der Waals surface area contributed by atoms with Gasteiger partial charge >= 0.3 is 5.69 Å². The standard InChI is InChI=1S/C16H20N4O5S/c1-17-12(9-15(22)18(2)16(17)23)10-19-11-13(5-6-14(19)21)26(24,25)20-7-3-4-8-20/h5-6,9,11H,3-4,7-8,10H2,1-2H3. The number of hydrogen-bond donors (Lipinski definition) is 0. The van der Waals surface area contributed by atoms with E-state index in [1.54, 1.807) is 0 Å². The second-order valence-electron chi connectivity index (χ2n) is 6.32. The van der Waals surface area contributed by atoms with Crippen LogP contribution in [0.15, 0.2) is 43.7 Å². The molecule has 0 saturated carbocycles. The zero-order valence-electron chi connectivity index (χ0n) is 14.6. The zero-order chi connectivity index (χ0) is 19.1. The summed E-state index contributed by atoms with van der Waals surface area (Å²) in [6.07, 6.45) is 2.89. The molecule has 0 atom stereocenters. The highest BCUT2D eigenvalue weighted by molar-refractivity contribution is 7.89. The van der Waals surface area contributed by atoms with E-state index in [9.17, 15) is 22.8 Å². The molecule has 26 heavy (non-hydrogen) atoms. The van der Waals surface area contributed by atoms with Gasteiger partial charge in [0, 0.05) is 51.2 Å². The predicted molar refractivity (Wildman–Crippen MR) is 94.7 cm³/mol. The lowest BCUT2D eigenvalue weighted by Crippen LogP contribution is -2.39. The Bertz CT molecular complexity index is 1120. The van der Waals surface area contributed by atoms with E-state index in [1.165, 1.54) is 51.9 Å². The van der Waals surface area contributed by atoms with Crippen LogP contribution in [0.5, 0.6) is 0 Å². The lowest BCUT2D eigenvalue weighted by Gasteiger charge is -2.17. The van der Waals surface area contributed by atoms with Gasteiger partial charge in [-0.3, -0.25) is 18.7 Å². The maximum absolute atomic E-state index is 12.7. The van der Waals surface area contributed by atoms with Crippen molar-refractivity contribution in [2.75, 3.05) is 13.1 Å². The summed E-state index contributed by atoms with van der Waals surface area (Å²) < 4.78 is 30.1. The maximum Gasteiger partial charge on any atom is 0.330 e. The second-order valence-corrected chi connectivity index (χ2v) is 8.25. The molecule has 1 fully saturated rings. The average Bonchev–Trinajstić information content (AvgIpc) is 3.15. The molecule has 1 aliphatic heterocycles. The Labute approximate surface area is 149 Å². The highest BCUT2D eigenvalue weighted by Crippen LogP contribution is 2.19. The molecule has 3 rings (SSSR count). The van der Waals surface area contributed by atoms with Gasteiger partial charge in [0.25, 0.3) is 11.1 Å². The normalized spacial score (nSPS) is 15.5. The Balaban J connectivity index is 2.04. The minimum Gasteiger partial charge on any atom is -0.308 e. The molecule has 10 heteroatoms. The second kappa shape index (κ2) is 6.69. The first-order valence-corrected chi connectivity index (χ1v) is 9.62. The van der Waals surface area contributed by atoms with Crippen LogP contribution in [0.3, 0.4) is 0 Å². The lowest BCUT2D eigenvalue weighted by atomic mass is 10.3. The van der Waals surface area contributed by atoms with Crippen molar-refractivity contribution >= 4 is 10.0 Å². The molecule has 0 N–H and O–H groups in total. The van der Waals surface area contributed by atoms with Gasteiger partial charge in [0.2, 0.25) is 10.0 Å². The van der Waals surface area contributed by atoms with E-state index in [4.69, 9.17) is 0 Å². The average molecular weight is 380 g/mol. The van der Waals surface area contributed by atoms with Crippen molar-refractivity contribution in [3.63, 3.8) is 0 Å². The largest absolute Gasteiger partial charge is 0.330 e. The van der Waals surface area contributed by atoms with Crippen LogP contribution in [-0.2, 0) is 30.7 Å². The van der Waals surface area contributed by atoms with Gasteiger partial charge in [0.05, 0.1) is 11.4 Å². The topological polar surface area (TPSA) is 103 Å². The van der Waals surface area contributed by atoms with Gasteiger partial charge in [-0.2, -0.15) is 4.31 Å². The smallest absolute Gasteiger partial charge is 0.308 e. The summed E-state index contributed by atoms with van der Waals surface area (Å²) in [5.74, 6) is 0. The van der Waals surface area contributed by atoms with Crippen molar-refractivity contribution in [2.24, 2.45) is 14.1 Å². The highest BCUT2D eigenvalue weighted by atomic mass is 32.2. The fraction of sp³-hybridized carbons (Fsp3) is 0.438. The highest BCUT2D eigenvalue weighted by Gasteiger charge is 2.27. The summed E-state index contributed by atoms with van der Waals surface area (Å²) in [6.45, 7) is 0.847. The third-order valence-electron chi connectivity index (χ3n) is 4.62. The summed E-state index contributed by atoms with van der Waals surface area (Å²) >= 11 is 0. The Morgan fingerprint density at radius 3 is 2.27 bits per heavy atom. The van der Waals surface area contributed by atoms with Crippen LogP contribution in [0, 0.1) is 0 Å². The van der Waals surface area contributed by atoms with Crippen LogP contribution < -0.4 is 16.8 Å². The molecular formula is C16H20N4O5S. The van der Waals surface area contributed by atoms with E-state index < -0.39 is 26.8 Å². The van der Waals surface area contributed by atoms with Crippen molar-refractivity contribution in [1.29, 1.82) is 0 Å². The van der Waals surface area contributed by atoms with Gasteiger partial charge in [0.1, 0.15) is 0 Å². The van der Waals surface area contributed by atoms with Gasteiger partial charge in [-0.1, -0.05) is 0 Å². The molecule has 2 aromatic heterocycles. The third-order valence-corrected chi connectivity index (χ3v) is 6.50. The fourth-order valence-electron chi connectivity index (χ4n) is 2.97. The molecule has 9 nitrogen and oxygen atoms in total. The van der Waals surface area contributed by atoms with Crippen LogP contribution in [0.4, 0.5) is 0 Å². The monoisotopic (exact) mass is 380 g/mol.